The lowest BCUT2D eigenvalue weighted by molar-refractivity contribution is -0.116. The van der Waals surface area contributed by atoms with Gasteiger partial charge in [-0.15, -0.1) is 0 Å². The molecule has 0 spiro atoms. The van der Waals surface area contributed by atoms with E-state index in [0.29, 0.717) is 13.1 Å². The van der Waals surface area contributed by atoms with Crippen LogP contribution in [0.15, 0.2) is 23.1 Å². The largest absolute Gasteiger partial charge is 0.312 e. The number of benzene rings is 1. The molecule has 0 aromatic heterocycles. The second kappa shape index (κ2) is 7.85. The molecule has 0 saturated carbocycles. The summed E-state index contributed by atoms with van der Waals surface area (Å²) in [7, 11) is -3.51. The number of aryl methyl sites for hydroxylation is 1. The fourth-order valence-electron chi connectivity index (χ4n) is 3.67. The van der Waals surface area contributed by atoms with Crippen LogP contribution in [0.5, 0.6) is 0 Å². The molecule has 1 fully saturated rings. The molecule has 2 aliphatic rings. The third-order valence-corrected chi connectivity index (χ3v) is 6.49. The first kappa shape index (κ1) is 18.4. The Balaban J connectivity index is 1.66. The maximum absolute atomic E-state index is 12.6. The van der Waals surface area contributed by atoms with E-state index >= 15 is 0 Å². The molecular formula is C18H27N3O3S. The number of hydrogen-bond acceptors (Lipinski definition) is 4. The van der Waals surface area contributed by atoms with Gasteiger partial charge in [-0.3, -0.25) is 4.79 Å². The number of likely N-dealkylation sites (tertiary alicyclic amines) is 1. The molecule has 1 aromatic rings. The molecule has 2 aliphatic heterocycles. The minimum Gasteiger partial charge on any atom is -0.312 e. The van der Waals surface area contributed by atoms with Gasteiger partial charge >= 0.3 is 0 Å². The van der Waals surface area contributed by atoms with Gasteiger partial charge in [0.05, 0.1) is 4.90 Å². The van der Waals surface area contributed by atoms with Gasteiger partial charge in [0, 0.05) is 32.2 Å². The standard InChI is InChI=1S/C18H27N3O3S/c1-15(22)21-12-5-6-16-14-17(7-8-18(16)21)25(23,24)19-9-13-20-10-3-2-4-11-20/h7-8,14,19H,2-6,9-13H2,1H3. The number of nitrogens with zero attached hydrogens (tertiary/aromatic N) is 2. The Labute approximate surface area is 150 Å². The van der Waals surface area contributed by atoms with Crippen molar-refractivity contribution < 1.29 is 13.2 Å². The molecule has 1 saturated heterocycles. The predicted molar refractivity (Wildman–Crippen MR) is 98.3 cm³/mol. The van der Waals surface area contributed by atoms with Crippen LogP contribution in [-0.2, 0) is 21.2 Å². The zero-order valence-electron chi connectivity index (χ0n) is 14.8. The fraction of sp³-hybridized carbons (Fsp3) is 0.611. The summed E-state index contributed by atoms with van der Waals surface area (Å²) in [5, 5.41) is 0. The Morgan fingerprint density at radius 1 is 1.12 bits per heavy atom. The van der Waals surface area contributed by atoms with E-state index in [1.165, 1.54) is 19.3 Å². The zero-order chi connectivity index (χ0) is 17.9. The van der Waals surface area contributed by atoms with Crippen molar-refractivity contribution in [1.29, 1.82) is 0 Å². The Kier molecular flexibility index (Phi) is 5.76. The van der Waals surface area contributed by atoms with Gasteiger partial charge in [0.15, 0.2) is 0 Å². The molecule has 1 aromatic carbocycles. The predicted octanol–water partition coefficient (Wildman–Crippen LogP) is 1.75. The summed E-state index contributed by atoms with van der Waals surface area (Å²) in [6.45, 7) is 5.54. The Bertz CT molecular complexity index is 727. The van der Waals surface area contributed by atoms with Gasteiger partial charge in [-0.1, -0.05) is 6.42 Å². The number of piperidine rings is 1. The normalized spacial score (nSPS) is 18.8. The van der Waals surface area contributed by atoms with Gasteiger partial charge in [-0.2, -0.15) is 0 Å². The van der Waals surface area contributed by atoms with E-state index in [-0.39, 0.29) is 10.8 Å². The summed E-state index contributed by atoms with van der Waals surface area (Å²) in [6.07, 6.45) is 5.33. The second-order valence-electron chi connectivity index (χ2n) is 6.86. The van der Waals surface area contributed by atoms with Crippen molar-refractivity contribution in [2.75, 3.05) is 37.6 Å². The number of rotatable bonds is 5. The summed E-state index contributed by atoms with van der Waals surface area (Å²) in [5.41, 5.74) is 1.77. The van der Waals surface area contributed by atoms with E-state index in [9.17, 15) is 13.2 Å². The highest BCUT2D eigenvalue weighted by Crippen LogP contribution is 2.29. The number of carbonyl (C=O) groups excluding carboxylic acids is 1. The van der Waals surface area contributed by atoms with Gasteiger partial charge < -0.3 is 9.80 Å². The third-order valence-electron chi connectivity index (χ3n) is 5.03. The third kappa shape index (κ3) is 4.40. The van der Waals surface area contributed by atoms with Crippen LogP contribution in [0, 0.1) is 0 Å². The van der Waals surface area contributed by atoms with Crippen LogP contribution in [0.4, 0.5) is 5.69 Å². The lowest BCUT2D eigenvalue weighted by Crippen LogP contribution is -2.37. The van der Waals surface area contributed by atoms with Crippen LogP contribution in [0.1, 0.15) is 38.2 Å². The maximum Gasteiger partial charge on any atom is 0.240 e. The van der Waals surface area contributed by atoms with Crippen molar-refractivity contribution in [1.82, 2.24) is 9.62 Å². The number of anilines is 1. The summed E-state index contributed by atoms with van der Waals surface area (Å²) >= 11 is 0. The number of amides is 1. The van der Waals surface area contributed by atoms with Crippen LogP contribution >= 0.6 is 0 Å². The van der Waals surface area contributed by atoms with Crippen LogP contribution in [-0.4, -0.2) is 51.9 Å². The number of fused-ring (bicyclic) bond motifs is 1. The summed E-state index contributed by atoms with van der Waals surface area (Å²) in [4.78, 5) is 16.0. The molecule has 1 amide bonds. The second-order valence-corrected chi connectivity index (χ2v) is 8.63. The molecule has 0 radical (unpaired) electrons. The van der Waals surface area contributed by atoms with Crippen molar-refractivity contribution in [2.24, 2.45) is 0 Å². The molecule has 0 aliphatic carbocycles. The van der Waals surface area contributed by atoms with E-state index in [2.05, 4.69) is 9.62 Å². The number of hydrogen-bond donors (Lipinski definition) is 1. The molecule has 0 unspecified atom stereocenters. The molecule has 25 heavy (non-hydrogen) atoms. The summed E-state index contributed by atoms with van der Waals surface area (Å²) < 4.78 is 27.8. The lowest BCUT2D eigenvalue weighted by Gasteiger charge is -2.29. The van der Waals surface area contributed by atoms with Crippen molar-refractivity contribution >= 4 is 21.6 Å². The van der Waals surface area contributed by atoms with E-state index in [0.717, 1.165) is 43.7 Å². The highest BCUT2D eigenvalue weighted by Gasteiger charge is 2.23. The van der Waals surface area contributed by atoms with Crippen molar-refractivity contribution in [3.8, 4) is 0 Å². The van der Waals surface area contributed by atoms with E-state index in [1.54, 1.807) is 30.0 Å². The summed E-state index contributed by atoms with van der Waals surface area (Å²) in [6, 6.07) is 5.08. The maximum atomic E-state index is 12.6. The molecular weight excluding hydrogens is 338 g/mol. The first-order valence-corrected chi connectivity index (χ1v) is 10.6. The van der Waals surface area contributed by atoms with Gasteiger partial charge in [-0.25, -0.2) is 13.1 Å². The smallest absolute Gasteiger partial charge is 0.240 e. The minimum absolute atomic E-state index is 0.00351. The Hall–Kier alpha value is -1.44. The van der Waals surface area contributed by atoms with Crippen molar-refractivity contribution in [2.45, 2.75) is 43.9 Å². The molecule has 1 N–H and O–H groups in total. The fourth-order valence-corrected chi connectivity index (χ4v) is 4.74. The van der Waals surface area contributed by atoms with Crippen molar-refractivity contribution in [3.63, 3.8) is 0 Å². The van der Waals surface area contributed by atoms with Crippen molar-refractivity contribution in [3.05, 3.63) is 23.8 Å². The molecule has 0 atom stereocenters. The number of nitrogens with one attached hydrogen (secondary N) is 1. The topological polar surface area (TPSA) is 69.7 Å². The molecule has 138 valence electrons. The van der Waals surface area contributed by atoms with Gasteiger partial charge in [-0.05, 0) is 62.5 Å². The summed E-state index contributed by atoms with van der Waals surface area (Å²) in [5.74, 6) is -0.00351. The van der Waals surface area contributed by atoms with E-state index in [4.69, 9.17) is 0 Å². The number of carbonyl (C=O) groups is 1. The van der Waals surface area contributed by atoms with Crippen LogP contribution < -0.4 is 9.62 Å². The van der Waals surface area contributed by atoms with Gasteiger partial charge in [0.2, 0.25) is 15.9 Å². The molecule has 7 heteroatoms. The average Bonchev–Trinajstić information content (AvgIpc) is 2.61. The van der Waals surface area contributed by atoms with Gasteiger partial charge in [0.25, 0.3) is 0 Å². The Morgan fingerprint density at radius 2 is 1.88 bits per heavy atom. The monoisotopic (exact) mass is 365 g/mol. The molecule has 6 nitrogen and oxygen atoms in total. The molecule has 2 heterocycles. The lowest BCUT2D eigenvalue weighted by atomic mass is 10.0. The average molecular weight is 365 g/mol. The van der Waals surface area contributed by atoms with Crippen LogP contribution in [0.3, 0.4) is 0 Å². The SMILES string of the molecule is CC(=O)N1CCCc2cc(S(=O)(=O)NCCN3CCCCC3)ccc21. The van der Waals surface area contributed by atoms with Crippen LogP contribution in [0.2, 0.25) is 0 Å². The van der Waals surface area contributed by atoms with E-state index in [1.807, 2.05) is 0 Å². The number of sulfonamides is 1. The zero-order valence-corrected chi connectivity index (χ0v) is 15.6. The molecule has 3 rings (SSSR count). The first-order valence-electron chi connectivity index (χ1n) is 9.10. The minimum atomic E-state index is -3.51. The van der Waals surface area contributed by atoms with Crippen LogP contribution in [0.25, 0.3) is 0 Å². The quantitative estimate of drug-likeness (QED) is 0.863. The highest BCUT2D eigenvalue weighted by molar-refractivity contribution is 7.89. The highest BCUT2D eigenvalue weighted by atomic mass is 32.2. The Morgan fingerprint density at radius 3 is 2.60 bits per heavy atom. The van der Waals surface area contributed by atoms with E-state index < -0.39 is 10.0 Å². The first-order chi connectivity index (χ1) is 12.0. The van der Waals surface area contributed by atoms with Gasteiger partial charge in [0.1, 0.15) is 0 Å². The molecule has 0 bridgehead atoms.